The van der Waals surface area contributed by atoms with Crippen LogP contribution < -0.4 is 10.2 Å². The minimum absolute atomic E-state index is 0.0941. The molecule has 2 heterocycles. The topological polar surface area (TPSA) is 102 Å². The van der Waals surface area contributed by atoms with E-state index in [4.69, 9.17) is 4.42 Å². The van der Waals surface area contributed by atoms with Gasteiger partial charge in [-0.2, -0.15) is 0 Å². The van der Waals surface area contributed by atoms with E-state index in [1.807, 2.05) is 18.2 Å². The molecule has 2 aliphatic rings. The van der Waals surface area contributed by atoms with Crippen molar-refractivity contribution >= 4 is 11.6 Å². The van der Waals surface area contributed by atoms with Gasteiger partial charge in [0, 0.05) is 31.9 Å². The minimum Gasteiger partial charge on any atom is -0.438 e. The Kier molecular flexibility index (Phi) is 5.11. The van der Waals surface area contributed by atoms with Crippen molar-refractivity contribution in [2.24, 2.45) is 0 Å². The van der Waals surface area contributed by atoms with Gasteiger partial charge >= 0.3 is 0 Å². The molecule has 0 radical (unpaired) electrons. The molecule has 1 aromatic carbocycles. The standard InChI is InChI=1S/C19H24N4O4/c24-15-10-14(21-19(26)16-11-20-12-27-16)18(25)17(15)23-8-6-22(7-9-23)13-4-2-1-3-5-13/h1-5,11-12,14-15,17-18,24-25H,6-10H2,(H,21,26)/t14-,15+,17-,18-/m1/s1. The van der Waals surface area contributed by atoms with Crippen molar-refractivity contribution in [1.82, 2.24) is 15.2 Å². The number of aliphatic hydroxyl groups excluding tert-OH is 2. The number of amides is 1. The summed E-state index contributed by atoms with van der Waals surface area (Å²) in [6, 6.07) is 9.31. The average Bonchev–Trinajstić information content (AvgIpc) is 3.32. The third-order valence-electron chi connectivity index (χ3n) is 5.48. The molecule has 1 aliphatic carbocycles. The summed E-state index contributed by atoms with van der Waals surface area (Å²) in [4.78, 5) is 20.3. The first-order valence-electron chi connectivity index (χ1n) is 9.23. The maximum Gasteiger partial charge on any atom is 0.289 e. The molecular formula is C19H24N4O4. The highest BCUT2D eigenvalue weighted by molar-refractivity contribution is 5.91. The summed E-state index contributed by atoms with van der Waals surface area (Å²) < 4.78 is 4.98. The summed E-state index contributed by atoms with van der Waals surface area (Å²) in [6.45, 7) is 3.15. The number of anilines is 1. The van der Waals surface area contributed by atoms with Crippen LogP contribution in [0.1, 0.15) is 17.0 Å². The molecule has 3 N–H and O–H groups in total. The number of aromatic nitrogens is 1. The molecule has 8 nitrogen and oxygen atoms in total. The molecule has 4 atom stereocenters. The fourth-order valence-electron chi connectivity index (χ4n) is 4.09. The van der Waals surface area contributed by atoms with Gasteiger partial charge in [-0.15, -0.1) is 0 Å². The molecule has 2 fully saturated rings. The quantitative estimate of drug-likeness (QED) is 0.699. The molecule has 8 heteroatoms. The highest BCUT2D eigenvalue weighted by Gasteiger charge is 2.46. The second-order valence-electron chi connectivity index (χ2n) is 7.09. The van der Waals surface area contributed by atoms with Gasteiger partial charge in [-0.05, 0) is 18.6 Å². The zero-order chi connectivity index (χ0) is 18.8. The van der Waals surface area contributed by atoms with Gasteiger partial charge in [0.2, 0.25) is 5.76 Å². The van der Waals surface area contributed by atoms with Crippen molar-refractivity contribution in [1.29, 1.82) is 0 Å². The second kappa shape index (κ2) is 7.67. The van der Waals surface area contributed by atoms with Crippen molar-refractivity contribution in [3.05, 3.63) is 48.7 Å². The normalized spacial score (nSPS) is 29.0. The van der Waals surface area contributed by atoms with Crippen molar-refractivity contribution in [3.63, 3.8) is 0 Å². The predicted octanol–water partition coefficient (Wildman–Crippen LogP) is 0.0893. The molecular weight excluding hydrogens is 348 g/mol. The van der Waals surface area contributed by atoms with E-state index in [0.29, 0.717) is 6.42 Å². The molecule has 0 spiro atoms. The number of oxazole rings is 1. The number of benzene rings is 1. The van der Waals surface area contributed by atoms with Crippen LogP contribution in [0.3, 0.4) is 0 Å². The van der Waals surface area contributed by atoms with Gasteiger partial charge < -0.3 is 24.8 Å². The fraction of sp³-hybridized carbons (Fsp3) is 0.474. The third-order valence-corrected chi connectivity index (χ3v) is 5.48. The average molecular weight is 372 g/mol. The van der Waals surface area contributed by atoms with E-state index in [0.717, 1.165) is 26.2 Å². The zero-order valence-electron chi connectivity index (χ0n) is 14.9. The number of para-hydroxylation sites is 1. The first-order valence-corrected chi connectivity index (χ1v) is 9.23. The summed E-state index contributed by atoms with van der Waals surface area (Å²) in [5, 5.41) is 24.0. The molecule has 1 saturated carbocycles. The number of hydrogen-bond acceptors (Lipinski definition) is 7. The van der Waals surface area contributed by atoms with E-state index < -0.39 is 24.2 Å². The Bertz CT molecular complexity index is 746. The molecule has 1 aliphatic heterocycles. The van der Waals surface area contributed by atoms with Crippen molar-refractivity contribution in [2.75, 3.05) is 31.1 Å². The Morgan fingerprint density at radius 1 is 1.15 bits per heavy atom. The van der Waals surface area contributed by atoms with E-state index in [2.05, 4.69) is 32.2 Å². The van der Waals surface area contributed by atoms with Gasteiger partial charge in [-0.1, -0.05) is 18.2 Å². The molecule has 27 heavy (non-hydrogen) atoms. The summed E-state index contributed by atoms with van der Waals surface area (Å²) in [5.74, 6) is -0.338. The lowest BCUT2D eigenvalue weighted by Crippen LogP contribution is -2.57. The second-order valence-corrected chi connectivity index (χ2v) is 7.09. The van der Waals surface area contributed by atoms with Gasteiger partial charge in [-0.3, -0.25) is 9.69 Å². The Labute approximate surface area is 157 Å². The number of rotatable bonds is 4. The number of hydrogen-bond donors (Lipinski definition) is 3. The summed E-state index contributed by atoms with van der Waals surface area (Å²) >= 11 is 0. The van der Waals surface area contributed by atoms with Crippen LogP contribution in [0.2, 0.25) is 0 Å². The number of piperazine rings is 1. The van der Waals surface area contributed by atoms with Gasteiger partial charge in [0.1, 0.15) is 0 Å². The van der Waals surface area contributed by atoms with Crippen LogP contribution in [0, 0.1) is 0 Å². The van der Waals surface area contributed by atoms with Gasteiger partial charge in [0.05, 0.1) is 30.5 Å². The molecule has 2 aromatic rings. The maximum atomic E-state index is 12.1. The third kappa shape index (κ3) is 3.69. The molecule has 0 bridgehead atoms. The monoisotopic (exact) mass is 372 g/mol. The molecule has 144 valence electrons. The van der Waals surface area contributed by atoms with E-state index >= 15 is 0 Å². The highest BCUT2D eigenvalue weighted by Crippen LogP contribution is 2.27. The maximum absolute atomic E-state index is 12.1. The van der Waals surface area contributed by atoms with Crippen LogP contribution >= 0.6 is 0 Å². The molecule has 1 aromatic heterocycles. The van der Waals surface area contributed by atoms with Crippen LogP contribution in [0.4, 0.5) is 5.69 Å². The van der Waals surface area contributed by atoms with E-state index in [9.17, 15) is 15.0 Å². The number of nitrogens with one attached hydrogen (secondary N) is 1. The number of carbonyl (C=O) groups is 1. The first-order chi connectivity index (χ1) is 13.1. The van der Waals surface area contributed by atoms with Crippen LogP contribution in [-0.4, -0.2) is 76.5 Å². The van der Waals surface area contributed by atoms with E-state index in [-0.39, 0.29) is 11.8 Å². The van der Waals surface area contributed by atoms with Gasteiger partial charge in [-0.25, -0.2) is 4.98 Å². The Balaban J connectivity index is 1.36. The van der Waals surface area contributed by atoms with Gasteiger partial charge in [0.25, 0.3) is 5.91 Å². The SMILES string of the molecule is O=C(N[C@@H]1C[C@H](O)[C@@H](N2CCN(c3ccccc3)CC2)[C@@H]1O)c1cnco1. The number of aliphatic hydroxyl groups is 2. The molecule has 1 saturated heterocycles. The van der Waals surface area contributed by atoms with Crippen LogP contribution in [0.25, 0.3) is 0 Å². The molecule has 4 rings (SSSR count). The van der Waals surface area contributed by atoms with Gasteiger partial charge in [0.15, 0.2) is 6.39 Å². The Hall–Kier alpha value is -2.42. The van der Waals surface area contributed by atoms with Crippen LogP contribution in [0.5, 0.6) is 0 Å². The lowest BCUT2D eigenvalue weighted by molar-refractivity contribution is 0.00537. The van der Waals surface area contributed by atoms with E-state index in [1.54, 1.807) is 0 Å². The molecule has 1 amide bonds. The molecule has 0 unspecified atom stereocenters. The summed E-state index contributed by atoms with van der Waals surface area (Å²) in [6.07, 6.45) is 1.29. The number of carbonyl (C=O) groups excluding carboxylic acids is 1. The summed E-state index contributed by atoms with van der Waals surface area (Å²) in [7, 11) is 0. The predicted molar refractivity (Wildman–Crippen MR) is 98.4 cm³/mol. The zero-order valence-corrected chi connectivity index (χ0v) is 14.9. The number of nitrogens with zero attached hydrogens (tertiary/aromatic N) is 3. The van der Waals surface area contributed by atoms with Crippen LogP contribution in [-0.2, 0) is 0 Å². The Morgan fingerprint density at radius 3 is 2.56 bits per heavy atom. The smallest absolute Gasteiger partial charge is 0.289 e. The van der Waals surface area contributed by atoms with Crippen molar-refractivity contribution in [3.8, 4) is 0 Å². The largest absolute Gasteiger partial charge is 0.438 e. The van der Waals surface area contributed by atoms with E-state index in [1.165, 1.54) is 18.3 Å². The van der Waals surface area contributed by atoms with Crippen LogP contribution in [0.15, 0.2) is 47.3 Å². The summed E-state index contributed by atoms with van der Waals surface area (Å²) in [5.41, 5.74) is 1.18. The lowest BCUT2D eigenvalue weighted by atomic mass is 10.1. The minimum atomic E-state index is -0.838. The van der Waals surface area contributed by atoms with Crippen molar-refractivity contribution < 1.29 is 19.4 Å². The fourth-order valence-corrected chi connectivity index (χ4v) is 4.09. The van der Waals surface area contributed by atoms with Crippen molar-refractivity contribution in [2.45, 2.75) is 30.7 Å². The Morgan fingerprint density at radius 2 is 1.89 bits per heavy atom. The first kappa shape index (κ1) is 18.0. The lowest BCUT2D eigenvalue weighted by Gasteiger charge is -2.41. The highest BCUT2D eigenvalue weighted by atomic mass is 16.3.